The molecule has 2 aromatic heterocycles. The normalized spacial score (nSPS) is 9.78. The Morgan fingerprint density at radius 2 is 1.24 bits per heavy atom. The van der Waals surface area contributed by atoms with Crippen molar-refractivity contribution < 1.29 is 18.4 Å². The van der Waals surface area contributed by atoms with E-state index >= 15 is 0 Å². The first-order valence-corrected chi connectivity index (χ1v) is 12.2. The third kappa shape index (κ3) is 9.55. The van der Waals surface area contributed by atoms with Gasteiger partial charge in [-0.2, -0.15) is 0 Å². The molecule has 0 fully saturated rings. The van der Waals surface area contributed by atoms with Gasteiger partial charge in [-0.1, -0.05) is 25.3 Å². The topological polar surface area (TPSA) is 116 Å². The number of nitrogen functional groups attached to an aromatic ring is 1. The van der Waals surface area contributed by atoms with Crippen molar-refractivity contribution in [2.45, 2.75) is 13.8 Å². The zero-order valence-corrected chi connectivity index (χ0v) is 23.0. The van der Waals surface area contributed by atoms with Gasteiger partial charge in [0, 0.05) is 47.8 Å². The highest BCUT2D eigenvalue weighted by Crippen LogP contribution is 2.18. The van der Waals surface area contributed by atoms with Crippen LogP contribution in [0.1, 0.15) is 13.8 Å². The quantitative estimate of drug-likeness (QED) is 0.187. The van der Waals surface area contributed by atoms with Gasteiger partial charge in [-0.15, -0.1) is 0 Å². The number of rotatable bonds is 5. The van der Waals surface area contributed by atoms with Crippen LogP contribution in [0.5, 0.6) is 0 Å². The van der Waals surface area contributed by atoms with Gasteiger partial charge in [-0.25, -0.2) is 8.78 Å². The Bertz CT molecular complexity index is 1700. The second kappa shape index (κ2) is 14.9. The highest BCUT2D eigenvalue weighted by Gasteiger charge is 2.09. The zero-order valence-electron chi connectivity index (χ0n) is 22.2. The number of hydrogen-bond donors (Lipinski definition) is 2. The van der Waals surface area contributed by atoms with E-state index in [1.54, 1.807) is 55.7 Å². The minimum absolute atomic E-state index is 0.0470. The lowest BCUT2D eigenvalue weighted by molar-refractivity contribution is -0.112. The van der Waals surface area contributed by atoms with E-state index in [2.05, 4.69) is 18.5 Å². The molecule has 0 radical (unpaired) electrons. The Morgan fingerprint density at radius 1 is 0.780 bits per heavy atom. The first-order chi connectivity index (χ1) is 19.3. The van der Waals surface area contributed by atoms with E-state index in [0.29, 0.717) is 16.9 Å². The van der Waals surface area contributed by atoms with Crippen LogP contribution in [0.15, 0.2) is 119 Å². The fraction of sp³-hybridized carbons (Fsp3) is 0.0667. The number of benzene rings is 2. The average Bonchev–Trinajstić information content (AvgIpc) is 2.92. The number of hydrogen-bond acceptors (Lipinski definition) is 5. The summed E-state index contributed by atoms with van der Waals surface area (Å²) >= 11 is 4.87. The molecular formula is C30H27ClF2N4O4. The summed E-state index contributed by atoms with van der Waals surface area (Å²) in [6.07, 6.45) is 3.12. The van der Waals surface area contributed by atoms with Crippen molar-refractivity contribution in [2.75, 3.05) is 11.1 Å². The lowest BCUT2D eigenvalue weighted by atomic mass is 10.2. The summed E-state index contributed by atoms with van der Waals surface area (Å²) in [7, 11) is 0. The van der Waals surface area contributed by atoms with Crippen LogP contribution in [0.3, 0.4) is 0 Å². The number of aromatic nitrogens is 2. The summed E-state index contributed by atoms with van der Waals surface area (Å²) in [5, 5.41) is 1.94. The summed E-state index contributed by atoms with van der Waals surface area (Å²) < 4.78 is 29.8. The lowest BCUT2D eigenvalue weighted by Crippen LogP contribution is -2.16. The fourth-order valence-electron chi connectivity index (χ4n) is 2.93. The van der Waals surface area contributed by atoms with E-state index in [-0.39, 0.29) is 28.1 Å². The average molecular weight is 581 g/mol. The van der Waals surface area contributed by atoms with E-state index in [0.717, 1.165) is 0 Å². The highest BCUT2D eigenvalue weighted by atomic mass is 35.5. The summed E-state index contributed by atoms with van der Waals surface area (Å²) in [5.41, 5.74) is 6.52. The van der Waals surface area contributed by atoms with Gasteiger partial charge in [-0.3, -0.25) is 28.3 Å². The molecule has 4 aromatic rings. The van der Waals surface area contributed by atoms with Gasteiger partial charge in [0.1, 0.15) is 11.6 Å². The monoisotopic (exact) mass is 580 g/mol. The van der Waals surface area contributed by atoms with Gasteiger partial charge in [0.05, 0.1) is 22.7 Å². The molecule has 2 heterocycles. The van der Waals surface area contributed by atoms with Crippen molar-refractivity contribution in [3.8, 4) is 11.4 Å². The molecule has 0 unspecified atom stereocenters. The second-order valence-corrected chi connectivity index (χ2v) is 8.82. The number of halogens is 3. The van der Waals surface area contributed by atoms with Crippen molar-refractivity contribution in [2.24, 2.45) is 0 Å². The molecule has 0 aliphatic heterocycles. The van der Waals surface area contributed by atoms with Crippen LogP contribution in [0.2, 0.25) is 0 Å². The molecule has 212 valence electrons. The van der Waals surface area contributed by atoms with Gasteiger partial charge >= 0.3 is 0 Å². The predicted molar refractivity (Wildman–Crippen MR) is 158 cm³/mol. The number of allylic oxidation sites excluding steroid dienone is 1. The van der Waals surface area contributed by atoms with Crippen molar-refractivity contribution in [3.63, 3.8) is 0 Å². The smallest absolute Gasteiger partial charge is 0.255 e. The van der Waals surface area contributed by atoms with Crippen LogP contribution in [0, 0.1) is 11.6 Å². The molecule has 0 saturated heterocycles. The van der Waals surface area contributed by atoms with Gasteiger partial charge in [0.15, 0.2) is 0 Å². The van der Waals surface area contributed by atoms with E-state index < -0.39 is 22.8 Å². The highest BCUT2D eigenvalue weighted by molar-refractivity contribution is 6.67. The van der Waals surface area contributed by atoms with Crippen LogP contribution < -0.4 is 22.2 Å². The Labute approximate surface area is 239 Å². The number of amides is 1. The maximum atomic E-state index is 13.9. The Kier molecular flexibility index (Phi) is 11.7. The molecule has 4 rings (SSSR count). The summed E-state index contributed by atoms with van der Waals surface area (Å²) in [6, 6.07) is 17.8. The van der Waals surface area contributed by atoms with E-state index in [9.17, 15) is 28.0 Å². The number of nitrogens with zero attached hydrogens (tertiary/aromatic N) is 2. The number of nitrogens with two attached hydrogens (primary N) is 1. The van der Waals surface area contributed by atoms with E-state index in [1.165, 1.54) is 52.5 Å². The molecule has 0 spiro atoms. The van der Waals surface area contributed by atoms with E-state index in [1.807, 2.05) is 0 Å². The number of anilines is 2. The third-order valence-electron chi connectivity index (χ3n) is 5.11. The van der Waals surface area contributed by atoms with Gasteiger partial charge in [0.2, 0.25) is 5.24 Å². The molecule has 0 aliphatic carbocycles. The molecule has 0 aliphatic rings. The molecule has 0 bridgehead atoms. The van der Waals surface area contributed by atoms with E-state index in [4.69, 9.17) is 17.3 Å². The zero-order chi connectivity index (χ0) is 30.7. The van der Waals surface area contributed by atoms with Gasteiger partial charge in [-0.05, 0) is 61.8 Å². The fourth-order valence-corrected chi connectivity index (χ4v) is 2.93. The molecule has 0 atom stereocenters. The molecular weight excluding hydrogens is 554 g/mol. The molecule has 11 heteroatoms. The second-order valence-electron chi connectivity index (χ2n) is 8.48. The summed E-state index contributed by atoms with van der Waals surface area (Å²) in [4.78, 5) is 44.3. The van der Waals surface area contributed by atoms with Crippen LogP contribution in [0.25, 0.3) is 11.4 Å². The van der Waals surface area contributed by atoms with Gasteiger partial charge in [0.25, 0.3) is 17.0 Å². The number of nitrogens with one attached hydrogen (secondary N) is 1. The predicted octanol–water partition coefficient (Wildman–Crippen LogP) is 5.38. The number of pyridine rings is 2. The SMILES string of the molecule is C=C(C)C(=O)Cl.C=C(C)C(=O)Nc1ccc(-n2ccccc2=O)cc1F.Nc1ccc(-n2ccccc2=O)cc1F. The van der Waals surface area contributed by atoms with Crippen LogP contribution in [-0.2, 0) is 9.59 Å². The minimum atomic E-state index is -0.618. The van der Waals surface area contributed by atoms with Crippen molar-refractivity contribution in [1.82, 2.24) is 9.13 Å². The maximum Gasteiger partial charge on any atom is 0.255 e. The molecule has 8 nitrogen and oxygen atoms in total. The first-order valence-electron chi connectivity index (χ1n) is 11.8. The van der Waals surface area contributed by atoms with Crippen LogP contribution in [-0.4, -0.2) is 20.3 Å². The molecule has 0 saturated carbocycles. The number of carbonyl (C=O) groups excluding carboxylic acids is 2. The molecule has 41 heavy (non-hydrogen) atoms. The Morgan fingerprint density at radius 3 is 1.63 bits per heavy atom. The van der Waals surface area contributed by atoms with Gasteiger partial charge < -0.3 is 11.1 Å². The molecule has 1 amide bonds. The molecule has 2 aromatic carbocycles. The van der Waals surface area contributed by atoms with Crippen molar-refractivity contribution >= 4 is 34.1 Å². The summed E-state index contributed by atoms with van der Waals surface area (Å²) in [6.45, 7) is 9.85. The van der Waals surface area contributed by atoms with Crippen molar-refractivity contribution in [3.05, 3.63) is 142 Å². The largest absolute Gasteiger partial charge is 0.396 e. The first kappa shape index (κ1) is 32.1. The summed E-state index contributed by atoms with van der Waals surface area (Å²) in [5.74, 6) is -1.59. The van der Waals surface area contributed by atoms with Crippen molar-refractivity contribution in [1.29, 1.82) is 0 Å². The standard InChI is InChI=1S/C15H13FN2O2.C11H9FN2O.C4H5ClO/c1-10(2)15(20)17-13-7-6-11(9-12(13)16)18-8-4-3-5-14(18)19;12-9-7-8(4-5-10(9)13)14-6-2-1-3-11(14)15;1-3(2)4(5)6/h3-9H,1H2,2H3,(H,17,20);1-7H,13H2;1H2,2H3. The molecule has 3 N–H and O–H groups in total. The Balaban J connectivity index is 0.000000246. The Hall–Kier alpha value is -5.09. The van der Waals surface area contributed by atoms with Crippen LogP contribution in [0.4, 0.5) is 20.2 Å². The number of carbonyl (C=O) groups is 2. The lowest BCUT2D eigenvalue weighted by Gasteiger charge is -2.09. The van der Waals surface area contributed by atoms with Crippen LogP contribution >= 0.6 is 11.6 Å². The maximum absolute atomic E-state index is 13.9. The third-order valence-corrected chi connectivity index (χ3v) is 5.43. The minimum Gasteiger partial charge on any atom is -0.396 e.